The average Bonchev–Trinajstić information content (AvgIpc) is 3.01. The monoisotopic (exact) mass is 310 g/mol. The fraction of sp³-hybridized carbons (Fsp3) is 0.118. The second-order valence-corrected chi connectivity index (χ2v) is 5.10. The van der Waals surface area contributed by atoms with E-state index in [2.05, 4.69) is 5.32 Å². The molecule has 0 saturated carbocycles. The molecule has 0 spiro atoms. The normalized spacial score (nSPS) is 12.7. The van der Waals surface area contributed by atoms with Crippen molar-refractivity contribution in [1.29, 1.82) is 0 Å². The molecule has 1 N–H and O–H groups in total. The summed E-state index contributed by atoms with van der Waals surface area (Å²) in [5.74, 6) is 0.547. The fourth-order valence-electron chi connectivity index (χ4n) is 2.36. The minimum Gasteiger partial charge on any atom is -0.493 e. The van der Waals surface area contributed by atoms with Gasteiger partial charge in [-0.15, -0.1) is 0 Å². The molecule has 0 atom stereocenters. The Morgan fingerprint density at radius 1 is 1.26 bits per heavy atom. The van der Waals surface area contributed by atoms with Crippen LogP contribution in [0.2, 0.25) is 0 Å². The highest BCUT2D eigenvalue weighted by Crippen LogP contribution is 2.26. The van der Waals surface area contributed by atoms with E-state index < -0.39 is 4.92 Å². The van der Waals surface area contributed by atoms with Crippen LogP contribution in [0.5, 0.6) is 5.75 Å². The van der Waals surface area contributed by atoms with Gasteiger partial charge in [-0.05, 0) is 35.4 Å². The summed E-state index contributed by atoms with van der Waals surface area (Å²) in [5, 5.41) is 13.3. The van der Waals surface area contributed by atoms with Crippen molar-refractivity contribution in [3.8, 4) is 5.75 Å². The molecular formula is C17H14N2O4. The minimum atomic E-state index is -0.502. The Morgan fingerprint density at radius 3 is 2.96 bits per heavy atom. The van der Waals surface area contributed by atoms with Crippen LogP contribution in [-0.2, 0) is 11.2 Å². The number of hydrogen-bond acceptors (Lipinski definition) is 4. The van der Waals surface area contributed by atoms with Crippen LogP contribution in [0, 0.1) is 10.1 Å². The maximum Gasteiger partial charge on any atom is 0.271 e. The Labute approximate surface area is 132 Å². The van der Waals surface area contributed by atoms with E-state index in [-0.39, 0.29) is 11.6 Å². The van der Waals surface area contributed by atoms with Crippen molar-refractivity contribution in [1.82, 2.24) is 0 Å². The first-order valence-electron chi connectivity index (χ1n) is 7.11. The van der Waals surface area contributed by atoms with Gasteiger partial charge in [0.15, 0.2) is 0 Å². The molecule has 2 aromatic carbocycles. The zero-order chi connectivity index (χ0) is 16.2. The van der Waals surface area contributed by atoms with Crippen molar-refractivity contribution in [3.05, 3.63) is 69.8 Å². The molecular weight excluding hydrogens is 296 g/mol. The van der Waals surface area contributed by atoms with Crippen molar-refractivity contribution >= 4 is 23.4 Å². The number of nitro groups is 1. The second-order valence-electron chi connectivity index (χ2n) is 5.10. The van der Waals surface area contributed by atoms with Crippen LogP contribution in [0.25, 0.3) is 6.08 Å². The second kappa shape index (κ2) is 6.31. The number of carbonyl (C=O) groups is 1. The number of fused-ring (bicyclic) bond motifs is 1. The molecule has 1 aliphatic rings. The number of benzene rings is 2. The number of non-ortho nitro benzene ring substituents is 1. The van der Waals surface area contributed by atoms with Crippen LogP contribution in [0.15, 0.2) is 48.5 Å². The van der Waals surface area contributed by atoms with E-state index in [1.807, 2.05) is 18.2 Å². The highest BCUT2D eigenvalue weighted by atomic mass is 16.6. The van der Waals surface area contributed by atoms with Crippen LogP contribution in [0.3, 0.4) is 0 Å². The highest BCUT2D eigenvalue weighted by Gasteiger charge is 2.11. The Kier molecular flexibility index (Phi) is 4.05. The first-order chi connectivity index (χ1) is 11.1. The molecule has 23 heavy (non-hydrogen) atoms. The molecule has 2 aromatic rings. The SMILES string of the molecule is O=C(/C=C/c1ccc2c(c1)CCO2)Nc1cccc([N+](=O)[O-])c1. The predicted molar refractivity (Wildman–Crippen MR) is 86.4 cm³/mol. The molecule has 116 valence electrons. The average molecular weight is 310 g/mol. The number of anilines is 1. The largest absolute Gasteiger partial charge is 0.493 e. The van der Waals surface area contributed by atoms with E-state index in [1.54, 1.807) is 12.1 Å². The van der Waals surface area contributed by atoms with Crippen LogP contribution >= 0.6 is 0 Å². The number of nitro benzene ring substituents is 1. The smallest absolute Gasteiger partial charge is 0.271 e. The summed E-state index contributed by atoms with van der Waals surface area (Å²) in [6.45, 7) is 0.690. The topological polar surface area (TPSA) is 81.5 Å². The third-order valence-electron chi connectivity index (χ3n) is 3.47. The number of hydrogen-bond donors (Lipinski definition) is 1. The van der Waals surface area contributed by atoms with Crippen LogP contribution in [0.1, 0.15) is 11.1 Å². The summed E-state index contributed by atoms with van der Waals surface area (Å²) in [5.41, 5.74) is 2.36. The van der Waals surface area contributed by atoms with Gasteiger partial charge in [-0.3, -0.25) is 14.9 Å². The summed E-state index contributed by atoms with van der Waals surface area (Å²) < 4.78 is 5.43. The third-order valence-corrected chi connectivity index (χ3v) is 3.47. The van der Waals surface area contributed by atoms with E-state index in [0.29, 0.717) is 12.3 Å². The summed E-state index contributed by atoms with van der Waals surface area (Å²) in [7, 11) is 0. The number of rotatable bonds is 4. The van der Waals surface area contributed by atoms with Gasteiger partial charge < -0.3 is 10.1 Å². The van der Waals surface area contributed by atoms with Gasteiger partial charge in [0, 0.05) is 30.3 Å². The van der Waals surface area contributed by atoms with Crippen molar-refractivity contribution in [3.63, 3.8) is 0 Å². The molecule has 0 aromatic heterocycles. The molecule has 3 rings (SSSR count). The highest BCUT2D eigenvalue weighted by molar-refractivity contribution is 6.02. The lowest BCUT2D eigenvalue weighted by Crippen LogP contribution is -2.07. The molecule has 6 heteroatoms. The van der Waals surface area contributed by atoms with E-state index >= 15 is 0 Å². The van der Waals surface area contributed by atoms with Crippen LogP contribution in [0.4, 0.5) is 11.4 Å². The number of carbonyl (C=O) groups excluding carboxylic acids is 1. The van der Waals surface area contributed by atoms with E-state index in [0.717, 1.165) is 23.3 Å². The van der Waals surface area contributed by atoms with Crippen molar-refractivity contribution < 1.29 is 14.5 Å². The lowest BCUT2D eigenvalue weighted by molar-refractivity contribution is -0.384. The van der Waals surface area contributed by atoms with Crippen molar-refractivity contribution in [2.75, 3.05) is 11.9 Å². The Morgan fingerprint density at radius 2 is 2.13 bits per heavy atom. The van der Waals surface area contributed by atoms with E-state index in [1.165, 1.54) is 24.3 Å². The fourth-order valence-corrected chi connectivity index (χ4v) is 2.36. The van der Waals surface area contributed by atoms with Gasteiger partial charge in [-0.1, -0.05) is 12.1 Å². The maximum absolute atomic E-state index is 11.9. The molecule has 1 amide bonds. The summed E-state index contributed by atoms with van der Waals surface area (Å²) >= 11 is 0. The molecule has 6 nitrogen and oxygen atoms in total. The number of nitrogens with zero attached hydrogens (tertiary/aromatic N) is 1. The zero-order valence-electron chi connectivity index (χ0n) is 12.2. The number of amides is 1. The Balaban J connectivity index is 1.67. The first-order valence-corrected chi connectivity index (χ1v) is 7.11. The van der Waals surface area contributed by atoms with Gasteiger partial charge in [-0.25, -0.2) is 0 Å². The van der Waals surface area contributed by atoms with Crippen LogP contribution in [-0.4, -0.2) is 17.4 Å². The zero-order valence-corrected chi connectivity index (χ0v) is 12.2. The first kappa shape index (κ1) is 14.8. The summed E-state index contributed by atoms with van der Waals surface area (Å²) in [4.78, 5) is 22.1. The molecule has 0 bridgehead atoms. The molecule has 0 aliphatic carbocycles. The van der Waals surface area contributed by atoms with Gasteiger partial charge in [0.1, 0.15) is 5.75 Å². The Hall–Kier alpha value is -3.15. The maximum atomic E-state index is 11.9. The molecule has 0 radical (unpaired) electrons. The van der Waals surface area contributed by atoms with Gasteiger partial charge in [0.2, 0.25) is 5.91 Å². The molecule has 1 aliphatic heterocycles. The molecule has 0 fully saturated rings. The number of ether oxygens (including phenoxy) is 1. The molecule has 0 saturated heterocycles. The quantitative estimate of drug-likeness (QED) is 0.534. The van der Waals surface area contributed by atoms with Gasteiger partial charge in [-0.2, -0.15) is 0 Å². The number of nitrogens with one attached hydrogen (secondary N) is 1. The predicted octanol–water partition coefficient (Wildman–Crippen LogP) is 3.18. The van der Waals surface area contributed by atoms with Crippen LogP contribution < -0.4 is 10.1 Å². The lowest BCUT2D eigenvalue weighted by Gasteiger charge is -2.02. The Bertz CT molecular complexity index is 799. The van der Waals surface area contributed by atoms with Crippen molar-refractivity contribution in [2.24, 2.45) is 0 Å². The molecule has 1 heterocycles. The summed E-state index contributed by atoms with van der Waals surface area (Å²) in [6.07, 6.45) is 3.97. The lowest BCUT2D eigenvalue weighted by atomic mass is 10.1. The van der Waals surface area contributed by atoms with Gasteiger partial charge in [0.05, 0.1) is 11.5 Å². The van der Waals surface area contributed by atoms with Gasteiger partial charge >= 0.3 is 0 Å². The van der Waals surface area contributed by atoms with Gasteiger partial charge in [0.25, 0.3) is 5.69 Å². The van der Waals surface area contributed by atoms with E-state index in [4.69, 9.17) is 4.74 Å². The minimum absolute atomic E-state index is 0.0644. The summed E-state index contributed by atoms with van der Waals surface area (Å²) in [6, 6.07) is 11.6. The van der Waals surface area contributed by atoms with Crippen molar-refractivity contribution in [2.45, 2.75) is 6.42 Å². The molecule has 0 unspecified atom stereocenters. The van der Waals surface area contributed by atoms with E-state index in [9.17, 15) is 14.9 Å². The third kappa shape index (κ3) is 3.55. The standard InChI is InChI=1S/C17H14N2O4/c20-17(18-14-2-1-3-15(11-14)19(21)22)7-5-12-4-6-16-13(10-12)8-9-23-16/h1-7,10-11H,8-9H2,(H,18,20)/b7-5+.